The van der Waals surface area contributed by atoms with Gasteiger partial charge in [-0.05, 0) is 18.9 Å². The molecule has 0 radical (unpaired) electrons. The molecule has 0 saturated heterocycles. The Kier molecular flexibility index (Phi) is 5.56. The van der Waals surface area contributed by atoms with E-state index < -0.39 is 29.6 Å². The van der Waals surface area contributed by atoms with Gasteiger partial charge in [0.2, 0.25) is 5.92 Å². The quantitative estimate of drug-likeness (QED) is 0.479. The van der Waals surface area contributed by atoms with E-state index in [1.54, 1.807) is 6.92 Å². The number of urea groups is 1. The molecule has 2 aromatic heterocycles. The number of amides is 2. The fourth-order valence-corrected chi connectivity index (χ4v) is 3.86. The molecule has 0 spiro atoms. The third-order valence-electron chi connectivity index (χ3n) is 5.61. The van der Waals surface area contributed by atoms with Crippen molar-refractivity contribution in [3.63, 3.8) is 0 Å². The number of hydrogen-bond donors (Lipinski definition) is 2. The first-order valence-corrected chi connectivity index (χ1v) is 10.2. The number of furan rings is 1. The molecule has 4 rings (SSSR count). The summed E-state index contributed by atoms with van der Waals surface area (Å²) >= 11 is 0. The van der Waals surface area contributed by atoms with Crippen molar-refractivity contribution in [1.29, 1.82) is 0 Å². The summed E-state index contributed by atoms with van der Waals surface area (Å²) in [6, 6.07) is 0.729. The lowest BCUT2D eigenvalue weighted by atomic mass is 9.81. The number of rotatable bonds is 5. The summed E-state index contributed by atoms with van der Waals surface area (Å²) in [5.41, 5.74) is 0.744. The van der Waals surface area contributed by atoms with Crippen LogP contribution in [0.4, 0.5) is 28.0 Å². The Bertz CT molecular complexity index is 1150. The Morgan fingerprint density at radius 1 is 1.19 bits per heavy atom. The van der Waals surface area contributed by atoms with Crippen LogP contribution >= 0.6 is 0 Å². The van der Waals surface area contributed by atoms with Crippen molar-refractivity contribution in [3.05, 3.63) is 53.3 Å². The number of fused-ring (bicyclic) bond motifs is 1. The van der Waals surface area contributed by atoms with Crippen LogP contribution in [0.25, 0.3) is 11.0 Å². The van der Waals surface area contributed by atoms with Gasteiger partial charge in [0.1, 0.15) is 17.4 Å². The lowest BCUT2D eigenvalue weighted by Crippen LogP contribution is -2.36. The van der Waals surface area contributed by atoms with Crippen LogP contribution in [0, 0.1) is 24.5 Å². The van der Waals surface area contributed by atoms with E-state index in [2.05, 4.69) is 20.6 Å². The zero-order valence-corrected chi connectivity index (χ0v) is 17.7. The zero-order valence-electron chi connectivity index (χ0n) is 17.7. The van der Waals surface area contributed by atoms with Crippen LogP contribution < -0.4 is 10.6 Å². The van der Waals surface area contributed by atoms with Crippen molar-refractivity contribution in [2.45, 2.75) is 51.5 Å². The number of nitrogens with zero attached hydrogens (tertiary/aromatic N) is 2. The topological polar surface area (TPSA) is 80.0 Å². The standard InChI is InChI=1S/C22H22F4N4O2/c1-10(2)17(18-11(3)15-4-13(23)5-16(24)19(15)32-18)30-21(31)29-14-8-27-20(28-9-14)12-6-22(25,26)7-12/h4-5,8-10,12,17H,6-7H2,1-3H3,(H2,29,30,31)/t17-/m1/s1. The summed E-state index contributed by atoms with van der Waals surface area (Å²) in [7, 11) is 0. The molecule has 1 fully saturated rings. The highest BCUT2D eigenvalue weighted by Crippen LogP contribution is 2.47. The number of nitrogens with one attached hydrogen (secondary N) is 2. The molecule has 1 aliphatic carbocycles. The normalized spacial score (nSPS) is 16.8. The van der Waals surface area contributed by atoms with Crippen LogP contribution in [-0.4, -0.2) is 21.9 Å². The molecule has 0 bridgehead atoms. The Hall–Kier alpha value is -3.17. The number of hydrogen-bond acceptors (Lipinski definition) is 4. The highest BCUT2D eigenvalue weighted by molar-refractivity contribution is 5.89. The molecule has 0 aliphatic heterocycles. The first kappa shape index (κ1) is 22.0. The smallest absolute Gasteiger partial charge is 0.319 e. The van der Waals surface area contributed by atoms with E-state index in [-0.39, 0.29) is 35.9 Å². The van der Waals surface area contributed by atoms with E-state index in [0.717, 1.165) is 6.07 Å². The number of aryl methyl sites for hydroxylation is 1. The van der Waals surface area contributed by atoms with Crippen LogP contribution in [-0.2, 0) is 0 Å². The highest BCUT2D eigenvalue weighted by atomic mass is 19.3. The molecular formula is C22H22F4N4O2. The summed E-state index contributed by atoms with van der Waals surface area (Å²) in [4.78, 5) is 20.7. The maximum absolute atomic E-state index is 14.1. The highest BCUT2D eigenvalue weighted by Gasteiger charge is 2.47. The van der Waals surface area contributed by atoms with E-state index in [1.807, 2.05) is 13.8 Å². The molecule has 3 aromatic rings. The van der Waals surface area contributed by atoms with Crippen LogP contribution in [0.15, 0.2) is 28.9 Å². The van der Waals surface area contributed by atoms with Gasteiger partial charge in [0.05, 0.1) is 24.1 Å². The first-order valence-electron chi connectivity index (χ1n) is 10.2. The fourth-order valence-electron chi connectivity index (χ4n) is 3.86. The number of anilines is 1. The molecule has 1 saturated carbocycles. The second kappa shape index (κ2) is 8.07. The average molecular weight is 450 g/mol. The molecule has 2 heterocycles. The van der Waals surface area contributed by atoms with Crippen molar-refractivity contribution >= 4 is 22.7 Å². The second-order valence-corrected chi connectivity index (χ2v) is 8.47. The van der Waals surface area contributed by atoms with Crippen LogP contribution in [0.5, 0.6) is 0 Å². The van der Waals surface area contributed by atoms with E-state index in [1.165, 1.54) is 18.5 Å². The Morgan fingerprint density at radius 3 is 2.44 bits per heavy atom. The maximum atomic E-state index is 14.1. The number of halogens is 4. The van der Waals surface area contributed by atoms with Gasteiger partial charge in [-0.3, -0.25) is 0 Å². The number of carbonyl (C=O) groups is 1. The molecule has 1 aromatic carbocycles. The van der Waals surface area contributed by atoms with E-state index >= 15 is 0 Å². The third-order valence-corrected chi connectivity index (χ3v) is 5.61. The fraction of sp³-hybridized carbons (Fsp3) is 0.409. The van der Waals surface area contributed by atoms with Crippen molar-refractivity contribution in [2.24, 2.45) is 5.92 Å². The van der Waals surface area contributed by atoms with Gasteiger partial charge < -0.3 is 15.1 Å². The Morgan fingerprint density at radius 2 is 1.84 bits per heavy atom. The minimum atomic E-state index is -2.67. The lowest BCUT2D eigenvalue weighted by molar-refractivity contribution is -0.0885. The van der Waals surface area contributed by atoms with Gasteiger partial charge in [0, 0.05) is 35.8 Å². The van der Waals surface area contributed by atoms with Crippen LogP contribution in [0.3, 0.4) is 0 Å². The predicted octanol–water partition coefficient (Wildman–Crippen LogP) is 5.84. The van der Waals surface area contributed by atoms with Gasteiger partial charge in [-0.1, -0.05) is 13.8 Å². The molecule has 2 N–H and O–H groups in total. The SMILES string of the molecule is Cc1c([C@H](NC(=O)Nc2cnc(C3CC(F)(F)C3)nc2)C(C)C)oc2c(F)cc(F)cc12. The number of alkyl halides is 2. The minimum absolute atomic E-state index is 0.0719. The third kappa shape index (κ3) is 4.26. The van der Waals surface area contributed by atoms with Crippen LogP contribution in [0.2, 0.25) is 0 Å². The molecular weight excluding hydrogens is 428 g/mol. The summed E-state index contributed by atoms with van der Waals surface area (Å²) < 4.78 is 59.5. The lowest BCUT2D eigenvalue weighted by Gasteiger charge is -2.33. The molecule has 2 amide bonds. The average Bonchev–Trinajstić information content (AvgIpc) is 3.01. The molecule has 32 heavy (non-hydrogen) atoms. The minimum Gasteiger partial charge on any atom is -0.455 e. The predicted molar refractivity (Wildman–Crippen MR) is 110 cm³/mol. The van der Waals surface area contributed by atoms with E-state index in [0.29, 0.717) is 22.5 Å². The molecule has 170 valence electrons. The number of benzene rings is 1. The van der Waals surface area contributed by atoms with E-state index in [4.69, 9.17) is 4.42 Å². The number of aromatic nitrogens is 2. The van der Waals surface area contributed by atoms with Gasteiger partial charge in [-0.2, -0.15) is 0 Å². The second-order valence-electron chi connectivity index (χ2n) is 8.47. The number of carbonyl (C=O) groups excluding carboxylic acids is 1. The summed E-state index contributed by atoms with van der Waals surface area (Å²) in [5.74, 6) is -4.08. The molecule has 0 unspecified atom stereocenters. The largest absolute Gasteiger partial charge is 0.455 e. The monoisotopic (exact) mass is 450 g/mol. The molecule has 10 heteroatoms. The summed E-state index contributed by atoms with van der Waals surface area (Å²) in [5, 5.41) is 5.66. The van der Waals surface area contributed by atoms with Gasteiger partial charge in [0.15, 0.2) is 11.4 Å². The molecule has 1 aliphatic rings. The van der Waals surface area contributed by atoms with Crippen molar-refractivity contribution < 1.29 is 26.8 Å². The summed E-state index contributed by atoms with van der Waals surface area (Å²) in [6.07, 6.45) is 2.15. The van der Waals surface area contributed by atoms with Gasteiger partial charge in [0.25, 0.3) is 0 Å². The Labute approximate surface area is 181 Å². The van der Waals surface area contributed by atoms with Crippen molar-refractivity contribution in [3.8, 4) is 0 Å². The van der Waals surface area contributed by atoms with Crippen molar-refractivity contribution in [1.82, 2.24) is 15.3 Å². The zero-order chi connectivity index (χ0) is 23.2. The maximum Gasteiger partial charge on any atom is 0.319 e. The molecule has 1 atom stereocenters. The van der Waals surface area contributed by atoms with Gasteiger partial charge in [-0.25, -0.2) is 32.3 Å². The summed E-state index contributed by atoms with van der Waals surface area (Å²) in [6.45, 7) is 5.37. The van der Waals surface area contributed by atoms with E-state index in [9.17, 15) is 22.4 Å². The van der Waals surface area contributed by atoms with Crippen LogP contribution in [0.1, 0.15) is 55.8 Å². The molecule has 6 nitrogen and oxygen atoms in total. The van der Waals surface area contributed by atoms with Gasteiger partial charge >= 0.3 is 6.03 Å². The van der Waals surface area contributed by atoms with Crippen molar-refractivity contribution in [2.75, 3.05) is 5.32 Å². The first-order chi connectivity index (χ1) is 15.0. The van der Waals surface area contributed by atoms with Gasteiger partial charge in [-0.15, -0.1) is 0 Å². The Balaban J connectivity index is 1.48.